The predicted octanol–water partition coefficient (Wildman–Crippen LogP) is 2.57. The number of ether oxygens (including phenoxy) is 1. The van der Waals surface area contributed by atoms with E-state index in [9.17, 15) is 4.79 Å². The third kappa shape index (κ3) is 4.86. The molecule has 0 aliphatic carbocycles. The maximum atomic E-state index is 10.5. The topological polar surface area (TPSA) is 62.7 Å². The second-order valence-electron chi connectivity index (χ2n) is 5.20. The lowest BCUT2D eigenvalue weighted by molar-refractivity contribution is -0.131. The van der Waals surface area contributed by atoms with Crippen molar-refractivity contribution in [1.29, 1.82) is 0 Å². The van der Waals surface area contributed by atoms with Crippen molar-refractivity contribution in [2.24, 2.45) is 0 Å². The third-order valence-electron chi connectivity index (χ3n) is 3.45. The molecule has 1 saturated heterocycles. The first-order valence-electron chi connectivity index (χ1n) is 7.42. The molecule has 2 heterocycles. The molecule has 0 radical (unpaired) electrons. The van der Waals surface area contributed by atoms with Crippen molar-refractivity contribution in [3.63, 3.8) is 0 Å². The summed E-state index contributed by atoms with van der Waals surface area (Å²) in [5.74, 6) is -0.0294. The van der Waals surface area contributed by atoms with Gasteiger partial charge in [-0.2, -0.15) is 0 Å². The summed E-state index contributed by atoms with van der Waals surface area (Å²) in [7, 11) is 0. The zero-order valence-electron chi connectivity index (χ0n) is 12.4. The van der Waals surface area contributed by atoms with Gasteiger partial charge in [-0.25, -0.2) is 9.78 Å². The normalized spacial score (nSPS) is 19.1. The predicted molar refractivity (Wildman–Crippen MR) is 82.4 cm³/mol. The van der Waals surface area contributed by atoms with Gasteiger partial charge in [0.05, 0.1) is 6.10 Å². The molecule has 5 heteroatoms. The number of aromatic nitrogens is 1. The molecule has 1 atom stereocenters. The number of nitrogens with zero attached hydrogens (tertiary/aromatic N) is 2. The van der Waals surface area contributed by atoms with Crippen LogP contribution in [0.1, 0.15) is 31.7 Å². The average Bonchev–Trinajstić information content (AvgIpc) is 2.51. The quantitative estimate of drug-likeness (QED) is 0.816. The molecule has 1 aromatic heterocycles. The minimum Gasteiger partial charge on any atom is -0.478 e. The largest absolute Gasteiger partial charge is 0.478 e. The van der Waals surface area contributed by atoms with Crippen LogP contribution in [0.4, 0.5) is 5.82 Å². The van der Waals surface area contributed by atoms with Crippen LogP contribution in [0.2, 0.25) is 0 Å². The molecule has 1 aliphatic heterocycles. The fourth-order valence-electron chi connectivity index (χ4n) is 2.42. The van der Waals surface area contributed by atoms with Gasteiger partial charge in [-0.05, 0) is 43.0 Å². The number of aliphatic carboxylic acids is 1. The number of hydrogen-bond donors (Lipinski definition) is 1. The molecule has 1 aliphatic rings. The van der Waals surface area contributed by atoms with E-state index < -0.39 is 5.97 Å². The molecule has 0 bridgehead atoms. The zero-order valence-corrected chi connectivity index (χ0v) is 12.4. The van der Waals surface area contributed by atoms with Crippen LogP contribution in [0.3, 0.4) is 0 Å². The number of carboxylic acid groups (broad SMARTS) is 1. The van der Waals surface area contributed by atoms with Crippen LogP contribution >= 0.6 is 0 Å². The van der Waals surface area contributed by atoms with Gasteiger partial charge >= 0.3 is 5.97 Å². The maximum Gasteiger partial charge on any atom is 0.328 e. The Balaban J connectivity index is 1.96. The van der Waals surface area contributed by atoms with Gasteiger partial charge < -0.3 is 14.7 Å². The van der Waals surface area contributed by atoms with Gasteiger partial charge in [-0.1, -0.05) is 6.92 Å². The molecule has 5 nitrogen and oxygen atoms in total. The Morgan fingerprint density at radius 3 is 3.10 bits per heavy atom. The summed E-state index contributed by atoms with van der Waals surface area (Å²) in [6, 6.07) is 3.82. The third-order valence-corrected chi connectivity index (χ3v) is 3.45. The van der Waals surface area contributed by atoms with Crippen molar-refractivity contribution in [1.82, 2.24) is 4.98 Å². The van der Waals surface area contributed by atoms with Crippen LogP contribution in [0.5, 0.6) is 0 Å². The molecule has 21 heavy (non-hydrogen) atoms. The number of rotatable bonds is 6. The first-order valence-corrected chi connectivity index (χ1v) is 7.42. The van der Waals surface area contributed by atoms with Gasteiger partial charge in [0, 0.05) is 32.0 Å². The second-order valence-corrected chi connectivity index (χ2v) is 5.20. The highest BCUT2D eigenvalue weighted by molar-refractivity contribution is 5.85. The monoisotopic (exact) mass is 290 g/mol. The summed E-state index contributed by atoms with van der Waals surface area (Å²) < 4.78 is 5.83. The molecule has 0 amide bonds. The van der Waals surface area contributed by atoms with Crippen LogP contribution in [0.15, 0.2) is 24.4 Å². The summed E-state index contributed by atoms with van der Waals surface area (Å²) in [5.41, 5.74) is 0.789. The minimum absolute atomic E-state index is 0.284. The van der Waals surface area contributed by atoms with Gasteiger partial charge in [0.25, 0.3) is 0 Å². The highest BCUT2D eigenvalue weighted by Crippen LogP contribution is 2.20. The molecular weight excluding hydrogens is 268 g/mol. The lowest BCUT2D eigenvalue weighted by Crippen LogP contribution is -2.40. The van der Waals surface area contributed by atoms with Crippen molar-refractivity contribution >= 4 is 17.9 Å². The van der Waals surface area contributed by atoms with E-state index in [4.69, 9.17) is 9.84 Å². The number of pyridine rings is 1. The summed E-state index contributed by atoms with van der Waals surface area (Å²) in [5, 5.41) is 8.60. The maximum absolute atomic E-state index is 10.5. The Labute approximate surface area is 125 Å². The van der Waals surface area contributed by atoms with Crippen LogP contribution in [-0.2, 0) is 9.53 Å². The van der Waals surface area contributed by atoms with E-state index in [-0.39, 0.29) is 6.10 Å². The van der Waals surface area contributed by atoms with Gasteiger partial charge in [0.2, 0.25) is 0 Å². The van der Waals surface area contributed by atoms with Crippen LogP contribution in [-0.4, -0.2) is 41.9 Å². The van der Waals surface area contributed by atoms with Crippen molar-refractivity contribution in [2.45, 2.75) is 32.3 Å². The Kier molecular flexibility index (Phi) is 5.75. The van der Waals surface area contributed by atoms with Crippen LogP contribution < -0.4 is 4.90 Å². The van der Waals surface area contributed by atoms with Gasteiger partial charge in [-0.15, -0.1) is 0 Å². The molecule has 0 saturated carbocycles. The highest BCUT2D eigenvalue weighted by Gasteiger charge is 2.20. The summed E-state index contributed by atoms with van der Waals surface area (Å²) >= 11 is 0. The van der Waals surface area contributed by atoms with E-state index in [2.05, 4.69) is 16.8 Å². The van der Waals surface area contributed by atoms with Gasteiger partial charge in [-0.3, -0.25) is 0 Å². The van der Waals surface area contributed by atoms with E-state index >= 15 is 0 Å². The first-order chi connectivity index (χ1) is 10.2. The Morgan fingerprint density at radius 1 is 1.57 bits per heavy atom. The van der Waals surface area contributed by atoms with Crippen molar-refractivity contribution in [3.8, 4) is 0 Å². The van der Waals surface area contributed by atoms with Crippen LogP contribution in [0, 0.1) is 0 Å². The fourth-order valence-corrected chi connectivity index (χ4v) is 2.42. The lowest BCUT2D eigenvalue weighted by atomic mass is 10.1. The van der Waals surface area contributed by atoms with Crippen LogP contribution in [0.25, 0.3) is 6.08 Å². The minimum atomic E-state index is -0.953. The van der Waals surface area contributed by atoms with Crippen molar-refractivity contribution in [2.75, 3.05) is 24.6 Å². The molecule has 1 fully saturated rings. The Bertz CT molecular complexity index is 485. The molecule has 1 aromatic rings. The zero-order chi connectivity index (χ0) is 15.1. The molecule has 114 valence electrons. The van der Waals surface area contributed by atoms with Gasteiger partial charge in [0.15, 0.2) is 0 Å². The SMILES string of the molecule is CCCOC1CCCN(c2ccc(/C=C/C(=O)O)cn2)C1. The van der Waals surface area contributed by atoms with E-state index in [1.807, 2.05) is 12.1 Å². The first kappa shape index (κ1) is 15.5. The van der Waals surface area contributed by atoms with Gasteiger partial charge in [0.1, 0.15) is 5.82 Å². The molecule has 1 unspecified atom stereocenters. The molecule has 0 spiro atoms. The number of carbonyl (C=O) groups is 1. The second kappa shape index (κ2) is 7.78. The smallest absolute Gasteiger partial charge is 0.328 e. The standard InChI is InChI=1S/C16H22N2O3/c1-2-10-21-14-4-3-9-18(12-14)15-7-5-13(11-17-15)6-8-16(19)20/h5-8,11,14H,2-4,9-10,12H2,1H3,(H,19,20)/b8-6+. The highest BCUT2D eigenvalue weighted by atomic mass is 16.5. The summed E-state index contributed by atoms with van der Waals surface area (Å²) in [4.78, 5) is 17.1. The van der Waals surface area contributed by atoms with E-state index in [1.165, 1.54) is 0 Å². The summed E-state index contributed by atoms with van der Waals surface area (Å²) in [6.45, 7) is 4.79. The average molecular weight is 290 g/mol. The lowest BCUT2D eigenvalue weighted by Gasteiger charge is -2.33. The van der Waals surface area contributed by atoms with Crippen molar-refractivity contribution < 1.29 is 14.6 Å². The Hall–Kier alpha value is -1.88. The number of piperidine rings is 1. The molecule has 1 N–H and O–H groups in total. The summed E-state index contributed by atoms with van der Waals surface area (Å²) in [6.07, 6.45) is 7.90. The number of carboxylic acids is 1. The van der Waals surface area contributed by atoms with E-state index in [0.29, 0.717) is 0 Å². The van der Waals surface area contributed by atoms with E-state index in [1.54, 1.807) is 12.3 Å². The van der Waals surface area contributed by atoms with E-state index in [0.717, 1.165) is 56.4 Å². The molecule has 0 aromatic carbocycles. The molecule has 2 rings (SSSR count). The molecular formula is C16H22N2O3. The Morgan fingerprint density at radius 2 is 2.43 bits per heavy atom. The fraction of sp³-hybridized carbons (Fsp3) is 0.500. The number of hydrogen-bond acceptors (Lipinski definition) is 4. The number of anilines is 1. The van der Waals surface area contributed by atoms with Crippen molar-refractivity contribution in [3.05, 3.63) is 30.0 Å².